The van der Waals surface area contributed by atoms with E-state index in [1.807, 2.05) is 0 Å². The largest absolute Gasteiger partial charge is 0.126 e. The van der Waals surface area contributed by atoms with Crippen molar-refractivity contribution < 1.29 is 26.2 Å². The van der Waals surface area contributed by atoms with Crippen molar-refractivity contribution in [2.24, 2.45) is 0 Å². The Morgan fingerprint density at radius 3 is 1.91 bits per heavy atom. The summed E-state index contributed by atoms with van der Waals surface area (Å²) in [6, 6.07) is 38.7. The topological polar surface area (TPSA) is 0 Å². The first-order chi connectivity index (χ1) is 15.4. The maximum Gasteiger partial charge on any atom is 0.121 e. The quantitative estimate of drug-likeness (QED) is 0.198. The second-order valence-electron chi connectivity index (χ2n) is 7.68. The summed E-state index contributed by atoms with van der Waals surface area (Å²) >= 11 is 0. The van der Waals surface area contributed by atoms with Crippen LogP contribution in [0, 0.1) is 0 Å². The van der Waals surface area contributed by atoms with Gasteiger partial charge in [0.15, 0.2) is 0 Å². The zero-order valence-corrected chi connectivity index (χ0v) is 21.3. The van der Waals surface area contributed by atoms with E-state index < -0.39 is 0 Å². The number of hydrogen-bond donors (Lipinski definition) is 0. The fourth-order valence-corrected chi connectivity index (χ4v) is 5.17. The minimum Gasteiger partial charge on any atom is -0.126 e. The summed E-state index contributed by atoms with van der Waals surface area (Å²) in [5.74, 6) is 0. The maximum atomic E-state index is 2.32. The fourth-order valence-electron chi connectivity index (χ4n) is 4.12. The van der Waals surface area contributed by atoms with Gasteiger partial charge in [0.1, 0.15) is 9.52 Å². The molecule has 0 nitrogen and oxygen atoms in total. The Morgan fingerprint density at radius 1 is 0.625 bits per heavy atom. The molecule has 0 heterocycles. The van der Waals surface area contributed by atoms with Crippen molar-refractivity contribution in [3.63, 3.8) is 0 Å². The molecule has 0 saturated carbocycles. The molecule has 2 radical (unpaired) electrons. The third kappa shape index (κ3) is 5.04. The summed E-state index contributed by atoms with van der Waals surface area (Å²) in [6.45, 7) is 0. The van der Waals surface area contributed by atoms with Crippen molar-refractivity contribution in [3.05, 3.63) is 133 Å². The molecule has 0 aliphatic heterocycles. The van der Waals surface area contributed by atoms with Gasteiger partial charge >= 0.3 is 0 Å². The normalized spacial score (nSPS) is 12.2. The summed E-state index contributed by atoms with van der Waals surface area (Å²) in [7, 11) is 0.777. The van der Waals surface area contributed by atoms with Crippen LogP contribution in [0.5, 0.6) is 0 Å². The Balaban J connectivity index is 0.000000157. The van der Waals surface area contributed by atoms with Crippen LogP contribution >= 0.6 is 0 Å². The predicted molar refractivity (Wildman–Crippen MR) is 137 cm³/mol. The molecule has 1 aliphatic carbocycles. The van der Waals surface area contributed by atoms with Crippen LogP contribution in [0.25, 0.3) is 27.1 Å². The molecule has 0 amide bonds. The van der Waals surface area contributed by atoms with Gasteiger partial charge in [-0.15, -0.1) is 33.7 Å². The summed E-state index contributed by atoms with van der Waals surface area (Å²) in [5.41, 5.74) is 2.81. The van der Waals surface area contributed by atoms with Crippen molar-refractivity contribution in [3.8, 4) is 0 Å². The zero-order valence-electron chi connectivity index (χ0n) is 17.8. The van der Waals surface area contributed by atoms with E-state index in [-0.39, 0.29) is 26.2 Å². The van der Waals surface area contributed by atoms with Crippen molar-refractivity contribution in [2.45, 2.75) is 6.42 Å². The predicted octanol–water partition coefficient (Wildman–Crippen LogP) is 6.39. The molecule has 0 N–H and O–H groups in total. The third-order valence-electron chi connectivity index (χ3n) is 5.61. The third-order valence-corrected chi connectivity index (χ3v) is 6.85. The molecule has 32 heavy (non-hydrogen) atoms. The first-order valence-corrected chi connectivity index (χ1v) is 11.7. The van der Waals surface area contributed by atoms with E-state index in [9.17, 15) is 0 Å². The van der Waals surface area contributed by atoms with Crippen molar-refractivity contribution in [1.82, 2.24) is 0 Å². The molecule has 0 saturated heterocycles. The Bertz CT molecular complexity index is 1320. The van der Waals surface area contributed by atoms with Gasteiger partial charge in [0.25, 0.3) is 0 Å². The monoisotopic (exact) mass is 501 g/mol. The first kappa shape index (κ1) is 22.5. The van der Waals surface area contributed by atoms with E-state index >= 15 is 0 Å². The molecule has 0 atom stereocenters. The molecule has 1 aliphatic rings. The van der Waals surface area contributed by atoms with Crippen LogP contribution in [-0.4, -0.2) is 9.52 Å². The van der Waals surface area contributed by atoms with Crippen molar-refractivity contribution in [1.29, 1.82) is 0 Å². The summed E-state index contributed by atoms with van der Waals surface area (Å²) in [5, 5.41) is 8.25. The average molecular weight is 503 g/mol. The van der Waals surface area contributed by atoms with Gasteiger partial charge in [0, 0.05) is 26.2 Å². The van der Waals surface area contributed by atoms with Gasteiger partial charge in [-0.05, 0) is 6.42 Å². The zero-order chi connectivity index (χ0) is 20.9. The number of allylic oxidation sites excluding steroid dienone is 4. The van der Waals surface area contributed by atoms with Crippen molar-refractivity contribution in [2.75, 3.05) is 0 Å². The van der Waals surface area contributed by atoms with Crippen LogP contribution in [0.1, 0.15) is 12.0 Å². The fraction of sp³-hybridized carbons (Fsp3) is 0.0333. The molecule has 6 rings (SSSR count). The standard InChI is InChI=1S/C18H13.C12H10Si.Zr/c1-2-7-13(6-1)15-10-5-11-17-16-9-4-3-8-14(16)12-18(15)17;1-3-7-11(8-4-1)13-12-9-5-2-6-10-12;/h1-6,8-12H,7H2;1-10H;/q-1;;. The van der Waals surface area contributed by atoms with Gasteiger partial charge in [-0.2, -0.15) is 0 Å². The molecular weight excluding hydrogens is 480 g/mol. The van der Waals surface area contributed by atoms with E-state index in [0.29, 0.717) is 0 Å². The first-order valence-electron chi connectivity index (χ1n) is 10.7. The Morgan fingerprint density at radius 2 is 1.25 bits per heavy atom. The van der Waals surface area contributed by atoms with Crippen LogP contribution in [0.2, 0.25) is 0 Å². The molecule has 0 spiro atoms. The van der Waals surface area contributed by atoms with Crippen LogP contribution in [-0.2, 0) is 26.2 Å². The molecule has 0 bridgehead atoms. The molecular formula is C30H23SiZr-. The van der Waals surface area contributed by atoms with E-state index in [4.69, 9.17) is 0 Å². The molecule has 0 unspecified atom stereocenters. The molecule has 2 heteroatoms. The molecule has 5 aromatic rings. The van der Waals surface area contributed by atoms with Gasteiger partial charge in [-0.25, -0.2) is 0 Å². The second-order valence-corrected chi connectivity index (χ2v) is 9.08. The average Bonchev–Trinajstić information content (AvgIpc) is 3.49. The van der Waals surface area contributed by atoms with E-state index in [2.05, 4.69) is 127 Å². The Labute approximate surface area is 211 Å². The van der Waals surface area contributed by atoms with Gasteiger partial charge in [0.2, 0.25) is 0 Å². The second kappa shape index (κ2) is 10.8. The van der Waals surface area contributed by atoms with E-state index in [0.717, 1.165) is 15.9 Å². The molecule has 5 aromatic carbocycles. The summed E-state index contributed by atoms with van der Waals surface area (Å²) < 4.78 is 0. The minimum atomic E-state index is 0. The van der Waals surface area contributed by atoms with Crippen molar-refractivity contribution >= 4 is 47.0 Å². The van der Waals surface area contributed by atoms with Crippen LogP contribution in [0.3, 0.4) is 0 Å². The number of hydrogen-bond acceptors (Lipinski definition) is 0. The summed E-state index contributed by atoms with van der Waals surface area (Å²) in [6.07, 6.45) is 7.65. The van der Waals surface area contributed by atoms with Gasteiger partial charge in [0.05, 0.1) is 0 Å². The molecule has 152 valence electrons. The van der Waals surface area contributed by atoms with Crippen LogP contribution in [0.15, 0.2) is 127 Å². The SMILES string of the molecule is C1=CCC(c2cccc3c2[cH-]c2ccccc23)=C1.[Zr].c1ccc([Si]c2ccccc2)cc1. The Kier molecular flexibility index (Phi) is 7.58. The van der Waals surface area contributed by atoms with Gasteiger partial charge in [-0.3, -0.25) is 0 Å². The smallest absolute Gasteiger partial charge is 0.121 e. The molecule has 0 aromatic heterocycles. The van der Waals surface area contributed by atoms with Gasteiger partial charge < -0.3 is 0 Å². The number of rotatable bonds is 3. The molecule has 0 fully saturated rings. The van der Waals surface area contributed by atoms with E-state index in [1.165, 1.54) is 43.1 Å². The number of benzene rings is 4. The summed E-state index contributed by atoms with van der Waals surface area (Å²) in [4.78, 5) is 0. The maximum absolute atomic E-state index is 2.32. The Hall–Kier alpha value is -2.67. The minimum absolute atomic E-state index is 0. The van der Waals surface area contributed by atoms with Gasteiger partial charge in [-0.1, -0.05) is 137 Å². The van der Waals surface area contributed by atoms with Crippen LogP contribution < -0.4 is 10.4 Å². The van der Waals surface area contributed by atoms with Crippen LogP contribution in [0.4, 0.5) is 0 Å². The van der Waals surface area contributed by atoms with E-state index in [1.54, 1.807) is 0 Å². The number of fused-ring (bicyclic) bond motifs is 3.